The van der Waals surface area contributed by atoms with Gasteiger partial charge < -0.3 is 4.74 Å². The van der Waals surface area contributed by atoms with E-state index in [2.05, 4.69) is 17.9 Å². The third-order valence-corrected chi connectivity index (χ3v) is 1.71. The van der Waals surface area contributed by atoms with Crippen LogP contribution in [0.1, 0.15) is 19.8 Å². The van der Waals surface area contributed by atoms with Crippen molar-refractivity contribution in [2.24, 2.45) is 0 Å². The van der Waals surface area contributed by atoms with E-state index in [1.54, 1.807) is 13.0 Å². The Morgan fingerprint density at radius 3 is 2.62 bits per heavy atom. The molecule has 2 nitrogen and oxygen atoms in total. The minimum Gasteiger partial charge on any atom is -0.466 e. The molecule has 0 N–H and O–H groups in total. The van der Waals surface area contributed by atoms with Crippen molar-refractivity contribution < 1.29 is 9.53 Å². The monoisotopic (exact) mass is 180 g/mol. The zero-order chi connectivity index (χ0) is 10.3. The highest BCUT2D eigenvalue weighted by atomic mass is 16.5. The minimum absolute atomic E-state index is 0.274. The van der Waals surface area contributed by atoms with Crippen molar-refractivity contribution in [2.75, 3.05) is 7.11 Å². The summed E-state index contributed by atoms with van der Waals surface area (Å²) in [6.07, 6.45) is 5.20. The molecule has 0 unspecified atom stereocenters. The van der Waals surface area contributed by atoms with Gasteiger partial charge in [-0.25, -0.2) is 4.79 Å². The topological polar surface area (TPSA) is 26.3 Å². The van der Waals surface area contributed by atoms with E-state index in [0.717, 1.165) is 18.4 Å². The standard InChI is InChI=1S/C11H16O2/c1-5-9(2)7-6-8-10(3)11(12)13-4/h5,8H,1-2,6-7H2,3-4H3/b10-8+. The van der Waals surface area contributed by atoms with Gasteiger partial charge in [0.15, 0.2) is 0 Å². The SMILES string of the molecule is C=CC(=C)CC/C=C(\C)C(=O)OC. The molecule has 0 aromatic carbocycles. The Morgan fingerprint density at radius 1 is 1.54 bits per heavy atom. The van der Waals surface area contributed by atoms with E-state index in [1.807, 2.05) is 6.08 Å². The Kier molecular flexibility index (Phi) is 5.60. The first-order valence-electron chi connectivity index (χ1n) is 4.17. The fraction of sp³-hybridized carbons (Fsp3) is 0.364. The van der Waals surface area contributed by atoms with E-state index >= 15 is 0 Å². The molecule has 0 heterocycles. The van der Waals surface area contributed by atoms with Gasteiger partial charge >= 0.3 is 5.97 Å². The Morgan fingerprint density at radius 2 is 2.15 bits per heavy atom. The summed E-state index contributed by atoms with van der Waals surface area (Å²) in [5, 5.41) is 0. The molecule has 0 rings (SSSR count). The van der Waals surface area contributed by atoms with Crippen molar-refractivity contribution in [2.45, 2.75) is 19.8 Å². The second kappa shape index (κ2) is 6.23. The molecule has 0 saturated carbocycles. The van der Waals surface area contributed by atoms with E-state index in [0.29, 0.717) is 5.57 Å². The molecule has 0 aliphatic rings. The van der Waals surface area contributed by atoms with Crippen LogP contribution >= 0.6 is 0 Å². The van der Waals surface area contributed by atoms with E-state index in [1.165, 1.54) is 7.11 Å². The van der Waals surface area contributed by atoms with Gasteiger partial charge in [0.1, 0.15) is 0 Å². The fourth-order valence-electron chi connectivity index (χ4n) is 0.820. The summed E-state index contributed by atoms with van der Waals surface area (Å²) < 4.78 is 4.55. The average Bonchev–Trinajstić information content (AvgIpc) is 2.15. The molecule has 0 radical (unpaired) electrons. The van der Waals surface area contributed by atoms with Gasteiger partial charge in [0.2, 0.25) is 0 Å². The summed E-state index contributed by atoms with van der Waals surface area (Å²) in [6.45, 7) is 9.11. The Labute approximate surface area is 79.6 Å². The van der Waals surface area contributed by atoms with Gasteiger partial charge in [-0.2, -0.15) is 0 Å². The lowest BCUT2D eigenvalue weighted by Crippen LogP contribution is -2.01. The van der Waals surface area contributed by atoms with Crippen LogP contribution in [0.2, 0.25) is 0 Å². The van der Waals surface area contributed by atoms with Gasteiger partial charge in [-0.3, -0.25) is 0 Å². The van der Waals surface area contributed by atoms with Crippen LogP contribution in [0.3, 0.4) is 0 Å². The lowest BCUT2D eigenvalue weighted by atomic mass is 10.1. The van der Waals surface area contributed by atoms with Crippen LogP contribution in [0.5, 0.6) is 0 Å². The average molecular weight is 180 g/mol. The highest BCUT2D eigenvalue weighted by Gasteiger charge is 2.00. The van der Waals surface area contributed by atoms with Crippen molar-refractivity contribution in [1.82, 2.24) is 0 Å². The molecule has 0 saturated heterocycles. The maximum absolute atomic E-state index is 10.9. The number of rotatable bonds is 5. The number of allylic oxidation sites excluding steroid dienone is 3. The highest BCUT2D eigenvalue weighted by molar-refractivity contribution is 5.87. The van der Waals surface area contributed by atoms with E-state index in [9.17, 15) is 4.79 Å². The lowest BCUT2D eigenvalue weighted by Gasteiger charge is -1.98. The molecule has 13 heavy (non-hydrogen) atoms. The summed E-state index contributed by atoms with van der Waals surface area (Å²) in [5.41, 5.74) is 1.62. The largest absolute Gasteiger partial charge is 0.466 e. The maximum atomic E-state index is 10.9. The minimum atomic E-state index is -0.274. The van der Waals surface area contributed by atoms with Gasteiger partial charge in [-0.05, 0) is 19.8 Å². The normalized spacial score (nSPS) is 10.8. The molecule has 0 atom stereocenters. The van der Waals surface area contributed by atoms with Crippen LogP contribution in [0.15, 0.2) is 36.5 Å². The molecule has 2 heteroatoms. The smallest absolute Gasteiger partial charge is 0.333 e. The van der Waals surface area contributed by atoms with Crippen LogP contribution < -0.4 is 0 Å². The number of methoxy groups -OCH3 is 1. The van der Waals surface area contributed by atoms with Crippen LogP contribution in [-0.4, -0.2) is 13.1 Å². The van der Waals surface area contributed by atoms with E-state index < -0.39 is 0 Å². The van der Waals surface area contributed by atoms with Gasteiger partial charge in [0.05, 0.1) is 7.11 Å². The molecule has 0 bridgehead atoms. The Balaban J connectivity index is 3.91. The lowest BCUT2D eigenvalue weighted by molar-refractivity contribution is -0.136. The number of hydrogen-bond donors (Lipinski definition) is 0. The molecule has 0 aliphatic carbocycles. The first kappa shape index (κ1) is 11.7. The summed E-state index contributed by atoms with van der Waals surface area (Å²) >= 11 is 0. The van der Waals surface area contributed by atoms with Crippen molar-refractivity contribution in [3.8, 4) is 0 Å². The molecule has 0 aliphatic heterocycles. The predicted octanol–water partition coefficient (Wildman–Crippen LogP) is 2.63. The highest BCUT2D eigenvalue weighted by Crippen LogP contribution is 2.06. The van der Waals surface area contributed by atoms with Crippen LogP contribution in [0.25, 0.3) is 0 Å². The number of esters is 1. The number of ether oxygens (including phenoxy) is 1. The summed E-state index contributed by atoms with van der Waals surface area (Å²) in [7, 11) is 1.38. The first-order chi connectivity index (χ1) is 6.11. The molecule has 0 fully saturated rings. The quantitative estimate of drug-likeness (QED) is 0.369. The Bertz CT molecular complexity index is 236. The molecular weight excluding hydrogens is 164 g/mol. The molecule has 0 amide bonds. The summed E-state index contributed by atoms with van der Waals surface area (Å²) in [4.78, 5) is 10.9. The van der Waals surface area contributed by atoms with Gasteiger partial charge in [0, 0.05) is 5.57 Å². The van der Waals surface area contributed by atoms with Gasteiger partial charge in [0.25, 0.3) is 0 Å². The molecule has 0 aromatic rings. The van der Waals surface area contributed by atoms with Gasteiger partial charge in [-0.1, -0.05) is 30.9 Å². The summed E-state index contributed by atoms with van der Waals surface area (Å²) in [6, 6.07) is 0. The van der Waals surface area contributed by atoms with Gasteiger partial charge in [-0.15, -0.1) is 0 Å². The predicted molar refractivity (Wildman–Crippen MR) is 54.3 cm³/mol. The van der Waals surface area contributed by atoms with Crippen LogP contribution in [0.4, 0.5) is 0 Å². The third kappa shape index (κ3) is 5.01. The van der Waals surface area contributed by atoms with E-state index in [-0.39, 0.29) is 5.97 Å². The number of carbonyl (C=O) groups is 1. The number of carbonyl (C=O) groups excluding carboxylic acids is 1. The second-order valence-corrected chi connectivity index (χ2v) is 2.78. The number of hydrogen-bond acceptors (Lipinski definition) is 2. The van der Waals surface area contributed by atoms with Crippen molar-refractivity contribution >= 4 is 5.97 Å². The van der Waals surface area contributed by atoms with Crippen molar-refractivity contribution in [1.29, 1.82) is 0 Å². The van der Waals surface area contributed by atoms with Crippen LogP contribution in [-0.2, 0) is 9.53 Å². The van der Waals surface area contributed by atoms with Crippen molar-refractivity contribution in [3.63, 3.8) is 0 Å². The molecular formula is C11H16O2. The maximum Gasteiger partial charge on any atom is 0.333 e. The zero-order valence-corrected chi connectivity index (χ0v) is 8.30. The summed E-state index contributed by atoms with van der Waals surface area (Å²) in [5.74, 6) is -0.274. The molecule has 72 valence electrons. The Hall–Kier alpha value is -1.31. The molecule has 0 spiro atoms. The van der Waals surface area contributed by atoms with Crippen molar-refractivity contribution in [3.05, 3.63) is 36.5 Å². The van der Waals surface area contributed by atoms with Crippen LogP contribution in [0, 0.1) is 0 Å². The van der Waals surface area contributed by atoms with E-state index in [4.69, 9.17) is 0 Å². The fourth-order valence-corrected chi connectivity index (χ4v) is 0.820. The molecule has 0 aromatic heterocycles. The zero-order valence-electron chi connectivity index (χ0n) is 8.30. The first-order valence-corrected chi connectivity index (χ1v) is 4.17. The second-order valence-electron chi connectivity index (χ2n) is 2.78. The third-order valence-electron chi connectivity index (χ3n) is 1.71.